The van der Waals surface area contributed by atoms with Gasteiger partial charge in [0, 0.05) is 10.6 Å². The molecule has 0 spiro atoms. The normalized spacial score (nSPS) is 11.2. The molecule has 0 bridgehead atoms. The van der Waals surface area contributed by atoms with Gasteiger partial charge in [0.2, 0.25) is 3.79 Å². The van der Waals surface area contributed by atoms with Crippen molar-refractivity contribution in [1.82, 2.24) is 0 Å². The van der Waals surface area contributed by atoms with Gasteiger partial charge in [0.05, 0.1) is 11.1 Å². The molecule has 0 aliphatic carbocycles. The maximum Gasteiger partial charge on any atom is 0.338 e. The van der Waals surface area contributed by atoms with Crippen LogP contribution in [0.3, 0.4) is 0 Å². The van der Waals surface area contributed by atoms with Crippen LogP contribution in [-0.2, 0) is 10.5 Å². The zero-order chi connectivity index (χ0) is 18.4. The van der Waals surface area contributed by atoms with Gasteiger partial charge < -0.3 is 9.84 Å². The molecule has 0 heterocycles. The first-order chi connectivity index (χ1) is 11.8. The zero-order valence-corrected chi connectivity index (χ0v) is 15.8. The molecule has 2 aromatic carbocycles. The number of thioether (sulfide) groups is 1. The van der Waals surface area contributed by atoms with Crippen LogP contribution < -0.4 is 0 Å². The Hall–Kier alpha value is -1.40. The van der Waals surface area contributed by atoms with Crippen LogP contribution in [0.5, 0.6) is 0 Å². The summed E-state index contributed by atoms with van der Waals surface area (Å²) in [6.07, 6.45) is 0. The molecular formula is C17H13Cl3O4S. The van der Waals surface area contributed by atoms with E-state index in [0.717, 1.165) is 10.5 Å². The van der Waals surface area contributed by atoms with Crippen LogP contribution in [0.15, 0.2) is 53.4 Å². The van der Waals surface area contributed by atoms with E-state index in [0.29, 0.717) is 11.3 Å². The van der Waals surface area contributed by atoms with Gasteiger partial charge in [0.25, 0.3) is 0 Å². The first kappa shape index (κ1) is 19.9. The molecule has 2 rings (SSSR count). The molecule has 4 nitrogen and oxygen atoms in total. The van der Waals surface area contributed by atoms with Gasteiger partial charge in [-0.3, -0.25) is 0 Å². The Morgan fingerprint density at radius 3 is 2.28 bits per heavy atom. The van der Waals surface area contributed by atoms with Crippen LogP contribution in [0, 0.1) is 0 Å². The number of carbonyl (C=O) groups is 2. The number of rotatable bonds is 6. The zero-order valence-electron chi connectivity index (χ0n) is 12.7. The van der Waals surface area contributed by atoms with E-state index in [1.54, 1.807) is 24.3 Å². The second kappa shape index (κ2) is 8.81. The summed E-state index contributed by atoms with van der Waals surface area (Å²) >= 11 is 18.2. The number of esters is 1. The summed E-state index contributed by atoms with van der Waals surface area (Å²) in [4.78, 5) is 23.9. The summed E-state index contributed by atoms with van der Waals surface area (Å²) in [5, 5.41) is 8.90. The van der Waals surface area contributed by atoms with Gasteiger partial charge in [-0.15, -0.1) is 11.8 Å². The van der Waals surface area contributed by atoms with E-state index in [-0.39, 0.29) is 12.2 Å². The van der Waals surface area contributed by atoms with Crippen LogP contribution in [0.2, 0.25) is 0 Å². The first-order valence-corrected chi connectivity index (χ1v) is 9.16. The SMILES string of the molecule is O=C(O)c1ccc(SCc2ccccc2C(=O)OCC(Cl)(Cl)Cl)cc1. The molecule has 25 heavy (non-hydrogen) atoms. The number of ether oxygens (including phenoxy) is 1. The Morgan fingerprint density at radius 2 is 1.68 bits per heavy atom. The topological polar surface area (TPSA) is 63.6 Å². The van der Waals surface area contributed by atoms with Crippen molar-refractivity contribution in [1.29, 1.82) is 0 Å². The van der Waals surface area contributed by atoms with Crippen molar-refractivity contribution in [2.45, 2.75) is 14.4 Å². The predicted molar refractivity (Wildman–Crippen MR) is 100.0 cm³/mol. The third-order valence-corrected chi connectivity index (χ3v) is 4.49. The van der Waals surface area contributed by atoms with E-state index < -0.39 is 15.7 Å². The third-order valence-electron chi connectivity index (χ3n) is 3.10. The van der Waals surface area contributed by atoms with Crippen LogP contribution in [0.25, 0.3) is 0 Å². The minimum atomic E-state index is -1.66. The fraction of sp³-hybridized carbons (Fsp3) is 0.176. The second-order valence-electron chi connectivity index (χ2n) is 4.97. The van der Waals surface area contributed by atoms with Gasteiger partial charge in [-0.2, -0.15) is 0 Å². The van der Waals surface area contributed by atoms with Crippen molar-refractivity contribution in [2.75, 3.05) is 6.61 Å². The standard InChI is InChI=1S/C17H13Cl3O4S/c18-17(19,20)10-24-16(23)14-4-2-1-3-12(14)9-25-13-7-5-11(6-8-13)15(21)22/h1-8H,9-10H2,(H,21,22). The van der Waals surface area contributed by atoms with Crippen molar-refractivity contribution in [3.63, 3.8) is 0 Å². The molecule has 0 unspecified atom stereocenters. The van der Waals surface area contributed by atoms with E-state index in [1.165, 1.54) is 23.9 Å². The van der Waals surface area contributed by atoms with Crippen LogP contribution >= 0.6 is 46.6 Å². The molecule has 1 N–H and O–H groups in total. The number of carboxylic acids is 1. The molecule has 0 aromatic heterocycles. The molecule has 0 atom stereocenters. The van der Waals surface area contributed by atoms with E-state index in [2.05, 4.69) is 0 Å². The number of hydrogen-bond acceptors (Lipinski definition) is 4. The Balaban J connectivity index is 2.05. The minimum Gasteiger partial charge on any atom is -0.478 e. The molecule has 0 aliphatic rings. The van der Waals surface area contributed by atoms with Crippen LogP contribution in [0.1, 0.15) is 26.3 Å². The van der Waals surface area contributed by atoms with Gasteiger partial charge in [-0.25, -0.2) is 9.59 Å². The van der Waals surface area contributed by atoms with Gasteiger partial charge in [0.15, 0.2) is 0 Å². The number of carboxylic acid groups (broad SMARTS) is 1. The summed E-state index contributed by atoms with van der Waals surface area (Å²) in [7, 11) is 0. The Kier molecular flexibility index (Phi) is 7.02. The molecule has 0 radical (unpaired) electrons. The van der Waals surface area contributed by atoms with Crippen molar-refractivity contribution in [3.8, 4) is 0 Å². The van der Waals surface area contributed by atoms with E-state index in [9.17, 15) is 9.59 Å². The van der Waals surface area contributed by atoms with E-state index >= 15 is 0 Å². The second-order valence-corrected chi connectivity index (χ2v) is 8.53. The molecule has 0 saturated carbocycles. The number of hydrogen-bond donors (Lipinski definition) is 1. The Bertz CT molecular complexity index is 757. The van der Waals surface area contributed by atoms with Crippen molar-refractivity contribution >= 4 is 58.5 Å². The molecule has 132 valence electrons. The van der Waals surface area contributed by atoms with E-state index in [1.807, 2.05) is 12.1 Å². The lowest BCUT2D eigenvalue weighted by Crippen LogP contribution is -2.18. The average Bonchev–Trinajstić information content (AvgIpc) is 2.58. The number of benzene rings is 2. The van der Waals surface area contributed by atoms with Crippen LogP contribution in [0.4, 0.5) is 0 Å². The maximum atomic E-state index is 12.2. The fourth-order valence-corrected chi connectivity index (χ4v) is 2.99. The number of aromatic carboxylic acids is 1. The van der Waals surface area contributed by atoms with E-state index in [4.69, 9.17) is 44.6 Å². The summed E-state index contributed by atoms with van der Waals surface area (Å²) in [6, 6.07) is 13.5. The van der Waals surface area contributed by atoms with Gasteiger partial charge in [-0.1, -0.05) is 53.0 Å². The lowest BCUT2D eigenvalue weighted by atomic mass is 10.1. The predicted octanol–water partition coefficient (Wildman–Crippen LogP) is 5.20. The average molecular weight is 420 g/mol. The largest absolute Gasteiger partial charge is 0.478 e. The monoisotopic (exact) mass is 418 g/mol. The molecular weight excluding hydrogens is 407 g/mol. The van der Waals surface area contributed by atoms with Crippen molar-refractivity contribution < 1.29 is 19.4 Å². The van der Waals surface area contributed by atoms with Gasteiger partial charge in [0.1, 0.15) is 6.61 Å². The highest BCUT2D eigenvalue weighted by Crippen LogP contribution is 2.28. The summed E-state index contributed by atoms with van der Waals surface area (Å²) in [6.45, 7) is -0.339. The highest BCUT2D eigenvalue weighted by atomic mass is 35.6. The first-order valence-electron chi connectivity index (χ1n) is 7.04. The number of carbonyl (C=O) groups excluding carboxylic acids is 1. The number of alkyl halides is 3. The molecule has 0 amide bonds. The smallest absolute Gasteiger partial charge is 0.338 e. The fourth-order valence-electron chi connectivity index (χ4n) is 1.93. The molecule has 0 aliphatic heterocycles. The lowest BCUT2D eigenvalue weighted by Gasteiger charge is -2.13. The van der Waals surface area contributed by atoms with Crippen molar-refractivity contribution in [3.05, 3.63) is 65.2 Å². The molecule has 8 heteroatoms. The van der Waals surface area contributed by atoms with Gasteiger partial charge >= 0.3 is 11.9 Å². The minimum absolute atomic E-state index is 0.222. The Morgan fingerprint density at radius 1 is 1.04 bits per heavy atom. The number of halogens is 3. The quantitative estimate of drug-likeness (QED) is 0.396. The molecule has 2 aromatic rings. The maximum absolute atomic E-state index is 12.2. The summed E-state index contributed by atoms with van der Waals surface area (Å²) < 4.78 is 3.36. The van der Waals surface area contributed by atoms with Gasteiger partial charge in [-0.05, 0) is 35.9 Å². The Labute approximate surface area is 164 Å². The summed E-state index contributed by atoms with van der Waals surface area (Å²) in [5.41, 5.74) is 1.38. The third kappa shape index (κ3) is 6.44. The van der Waals surface area contributed by atoms with Crippen molar-refractivity contribution in [2.24, 2.45) is 0 Å². The van der Waals surface area contributed by atoms with Crippen LogP contribution in [-0.4, -0.2) is 27.4 Å². The highest BCUT2D eigenvalue weighted by molar-refractivity contribution is 7.98. The molecule has 0 fully saturated rings. The highest BCUT2D eigenvalue weighted by Gasteiger charge is 2.23. The summed E-state index contributed by atoms with van der Waals surface area (Å²) in [5.74, 6) is -1.03. The lowest BCUT2D eigenvalue weighted by molar-refractivity contribution is 0.0510. The molecule has 0 saturated heterocycles.